The summed E-state index contributed by atoms with van der Waals surface area (Å²) >= 11 is 9.91. The van der Waals surface area contributed by atoms with E-state index in [0.29, 0.717) is 17.2 Å². The fourth-order valence-electron chi connectivity index (χ4n) is 1.57. The Hall–Kier alpha value is -0.370. The summed E-state index contributed by atoms with van der Waals surface area (Å²) in [5, 5.41) is 0. The number of carbonyl (C=O) groups excluding carboxylic acids is 1. The Morgan fingerprint density at radius 2 is 2.11 bits per heavy atom. The van der Waals surface area contributed by atoms with E-state index < -0.39 is 0 Å². The van der Waals surface area contributed by atoms with Crippen LogP contribution in [0.4, 0.5) is 5.69 Å². The number of nitrogens with two attached hydrogens (primary N) is 1. The molecule has 2 rings (SSSR count). The van der Waals surface area contributed by atoms with Gasteiger partial charge in [-0.25, -0.2) is 4.79 Å². The molecule has 0 saturated carbocycles. The number of anilines is 1. The van der Waals surface area contributed by atoms with Crippen LogP contribution in [-0.2, 0) is 4.74 Å². The highest BCUT2D eigenvalue weighted by molar-refractivity contribution is 9.13. The lowest BCUT2D eigenvalue weighted by atomic mass is 10.2. The van der Waals surface area contributed by atoms with Crippen LogP contribution in [0.5, 0.6) is 0 Å². The van der Waals surface area contributed by atoms with Gasteiger partial charge in [0.15, 0.2) is 0 Å². The first-order valence-electron chi connectivity index (χ1n) is 5.46. The summed E-state index contributed by atoms with van der Waals surface area (Å²) in [6.07, 6.45) is 0. The number of rotatable bonds is 3. The Bertz CT molecular complexity index is 614. The Labute approximate surface area is 136 Å². The molecule has 0 bridgehead atoms. The minimum atomic E-state index is -0.353. The first-order chi connectivity index (χ1) is 8.95. The monoisotopic (exact) mass is 423 g/mol. The fraction of sp³-hybridized carbons (Fsp3) is 0.250. The zero-order chi connectivity index (χ0) is 14.2. The maximum absolute atomic E-state index is 11.8. The summed E-state index contributed by atoms with van der Waals surface area (Å²) in [7, 11) is 0. The van der Waals surface area contributed by atoms with Gasteiger partial charge >= 0.3 is 5.97 Å². The molecule has 0 fully saturated rings. The van der Waals surface area contributed by atoms with Crippen molar-refractivity contribution in [3.63, 3.8) is 0 Å². The molecule has 0 radical (unpaired) electrons. The average molecular weight is 425 g/mol. The summed E-state index contributed by atoms with van der Waals surface area (Å²) in [6.45, 7) is 4.05. The molecule has 0 spiro atoms. The predicted octanol–water partition coefficient (Wildman–Crippen LogP) is 5.07. The van der Waals surface area contributed by atoms with Gasteiger partial charge in [-0.3, -0.25) is 0 Å². The van der Waals surface area contributed by atoms with Gasteiger partial charge in [-0.15, -0.1) is 22.7 Å². The van der Waals surface area contributed by atoms with Crippen LogP contribution in [0.15, 0.2) is 14.3 Å². The predicted molar refractivity (Wildman–Crippen MR) is 88.1 cm³/mol. The van der Waals surface area contributed by atoms with Crippen molar-refractivity contribution < 1.29 is 9.53 Å². The molecule has 0 aliphatic carbocycles. The van der Waals surface area contributed by atoms with E-state index >= 15 is 0 Å². The van der Waals surface area contributed by atoms with Gasteiger partial charge in [-0.2, -0.15) is 0 Å². The molecule has 19 heavy (non-hydrogen) atoms. The number of thiophene rings is 2. The molecular weight excluding hydrogens is 414 g/mol. The van der Waals surface area contributed by atoms with Gasteiger partial charge in [-0.05, 0) is 57.3 Å². The third-order valence-electron chi connectivity index (χ3n) is 2.52. The molecule has 0 unspecified atom stereocenters. The summed E-state index contributed by atoms with van der Waals surface area (Å²) in [5.41, 5.74) is 7.45. The zero-order valence-corrected chi connectivity index (χ0v) is 15.1. The first kappa shape index (κ1) is 15.0. The Kier molecular flexibility index (Phi) is 4.70. The molecule has 2 aromatic rings. The largest absolute Gasteiger partial charge is 0.462 e. The molecule has 2 N–H and O–H groups in total. The quantitative estimate of drug-likeness (QED) is 0.699. The first-order valence-corrected chi connectivity index (χ1v) is 8.68. The summed E-state index contributed by atoms with van der Waals surface area (Å²) < 4.78 is 7.04. The number of hydrogen-bond acceptors (Lipinski definition) is 5. The number of carbonyl (C=O) groups is 1. The standard InChI is InChI=1S/C12H11Br2NO2S2/c1-3-17-12(16)10-8(15)5(2)9(19-10)7-4-6(13)11(14)18-7/h4H,3,15H2,1-2H3. The van der Waals surface area contributed by atoms with E-state index in [1.807, 2.05) is 13.0 Å². The van der Waals surface area contributed by atoms with Gasteiger partial charge < -0.3 is 10.5 Å². The Morgan fingerprint density at radius 3 is 2.63 bits per heavy atom. The lowest BCUT2D eigenvalue weighted by Crippen LogP contribution is -2.05. The molecule has 0 atom stereocenters. The van der Waals surface area contributed by atoms with Gasteiger partial charge in [0.2, 0.25) is 0 Å². The van der Waals surface area contributed by atoms with Crippen molar-refractivity contribution in [1.29, 1.82) is 0 Å². The third-order valence-corrected chi connectivity index (χ3v) is 7.25. The molecule has 2 heterocycles. The molecule has 3 nitrogen and oxygen atoms in total. The molecule has 0 aromatic carbocycles. The highest BCUT2D eigenvalue weighted by Crippen LogP contribution is 2.45. The normalized spacial score (nSPS) is 10.7. The van der Waals surface area contributed by atoms with E-state index in [2.05, 4.69) is 31.9 Å². The maximum Gasteiger partial charge on any atom is 0.350 e. The zero-order valence-electron chi connectivity index (χ0n) is 10.3. The number of hydrogen-bond donors (Lipinski definition) is 1. The lowest BCUT2D eigenvalue weighted by Gasteiger charge is -1.99. The highest BCUT2D eigenvalue weighted by atomic mass is 79.9. The van der Waals surface area contributed by atoms with Crippen molar-refractivity contribution in [3.8, 4) is 9.75 Å². The van der Waals surface area contributed by atoms with Crippen LogP contribution in [0.25, 0.3) is 9.75 Å². The van der Waals surface area contributed by atoms with E-state index in [0.717, 1.165) is 23.6 Å². The number of ether oxygens (including phenoxy) is 1. The van der Waals surface area contributed by atoms with E-state index in [1.54, 1.807) is 18.3 Å². The summed E-state index contributed by atoms with van der Waals surface area (Å²) in [5.74, 6) is -0.353. The Balaban J connectivity index is 2.48. The van der Waals surface area contributed by atoms with Crippen LogP contribution in [0.1, 0.15) is 22.2 Å². The molecule has 0 amide bonds. The average Bonchev–Trinajstić information content (AvgIpc) is 2.83. The molecule has 102 valence electrons. The third kappa shape index (κ3) is 2.89. The summed E-state index contributed by atoms with van der Waals surface area (Å²) in [4.78, 5) is 14.4. The number of nitrogen functional groups attached to an aromatic ring is 1. The maximum atomic E-state index is 11.8. The fourth-order valence-corrected chi connectivity index (χ4v) is 4.88. The molecule has 2 aromatic heterocycles. The van der Waals surface area contributed by atoms with Crippen molar-refractivity contribution >= 4 is 66.2 Å². The SMILES string of the molecule is CCOC(=O)c1sc(-c2cc(Br)c(Br)s2)c(C)c1N. The van der Waals surface area contributed by atoms with Crippen LogP contribution in [-0.4, -0.2) is 12.6 Å². The second-order valence-corrected chi connectivity index (χ2v) is 8.00. The second kappa shape index (κ2) is 5.95. The highest BCUT2D eigenvalue weighted by Gasteiger charge is 2.21. The van der Waals surface area contributed by atoms with E-state index in [-0.39, 0.29) is 5.97 Å². The van der Waals surface area contributed by atoms with Gasteiger partial charge in [0.25, 0.3) is 0 Å². The van der Waals surface area contributed by atoms with Crippen molar-refractivity contribution in [3.05, 3.63) is 24.8 Å². The van der Waals surface area contributed by atoms with E-state index in [1.165, 1.54) is 11.3 Å². The lowest BCUT2D eigenvalue weighted by molar-refractivity contribution is 0.0533. The smallest absolute Gasteiger partial charge is 0.350 e. The van der Waals surface area contributed by atoms with Crippen molar-refractivity contribution in [1.82, 2.24) is 0 Å². The van der Waals surface area contributed by atoms with Crippen LogP contribution >= 0.6 is 54.5 Å². The minimum Gasteiger partial charge on any atom is -0.462 e. The topological polar surface area (TPSA) is 52.3 Å². The molecule has 0 saturated heterocycles. The second-order valence-electron chi connectivity index (χ2n) is 3.75. The molecule has 0 aliphatic rings. The Morgan fingerprint density at radius 1 is 1.42 bits per heavy atom. The van der Waals surface area contributed by atoms with Crippen molar-refractivity contribution in [2.75, 3.05) is 12.3 Å². The van der Waals surface area contributed by atoms with Gasteiger partial charge in [0.05, 0.1) is 21.0 Å². The van der Waals surface area contributed by atoms with Crippen LogP contribution < -0.4 is 5.73 Å². The molecule has 7 heteroatoms. The molecular formula is C12H11Br2NO2S2. The summed E-state index contributed by atoms with van der Waals surface area (Å²) in [6, 6.07) is 2.02. The van der Waals surface area contributed by atoms with Crippen LogP contribution in [0.3, 0.4) is 0 Å². The van der Waals surface area contributed by atoms with Crippen LogP contribution in [0, 0.1) is 6.92 Å². The van der Waals surface area contributed by atoms with Gasteiger partial charge in [0.1, 0.15) is 4.88 Å². The van der Waals surface area contributed by atoms with E-state index in [9.17, 15) is 4.79 Å². The van der Waals surface area contributed by atoms with Crippen molar-refractivity contribution in [2.24, 2.45) is 0 Å². The molecule has 0 aliphatic heterocycles. The van der Waals surface area contributed by atoms with Gasteiger partial charge in [0, 0.05) is 9.35 Å². The van der Waals surface area contributed by atoms with E-state index in [4.69, 9.17) is 10.5 Å². The van der Waals surface area contributed by atoms with Crippen LogP contribution in [0.2, 0.25) is 0 Å². The number of halogens is 2. The minimum absolute atomic E-state index is 0.348. The van der Waals surface area contributed by atoms with Crippen molar-refractivity contribution in [2.45, 2.75) is 13.8 Å². The van der Waals surface area contributed by atoms with Gasteiger partial charge in [-0.1, -0.05) is 0 Å². The number of esters is 1.